The molecule has 1 amide bonds. The summed E-state index contributed by atoms with van der Waals surface area (Å²) in [5, 5.41) is 9.07. The van der Waals surface area contributed by atoms with Crippen molar-refractivity contribution in [3.8, 4) is 23.1 Å². The van der Waals surface area contributed by atoms with Crippen molar-refractivity contribution in [1.82, 2.24) is 14.4 Å². The number of nitrogens with zero attached hydrogens (tertiary/aromatic N) is 5. The number of carbonyl (C=O) groups is 1. The minimum absolute atomic E-state index is 0.0857. The molecule has 2 aromatic heterocycles. The molecule has 0 aliphatic carbocycles. The first-order chi connectivity index (χ1) is 15.7. The molecule has 0 saturated carbocycles. The zero-order valence-electron chi connectivity index (χ0n) is 17.5. The van der Waals surface area contributed by atoms with Crippen LogP contribution in [0.25, 0.3) is 16.9 Å². The molecule has 0 fully saturated rings. The maximum atomic E-state index is 13.1. The van der Waals surface area contributed by atoms with E-state index >= 15 is 0 Å². The second-order valence-corrected chi connectivity index (χ2v) is 7.08. The van der Waals surface area contributed by atoms with Crippen LogP contribution in [0.1, 0.15) is 21.6 Å². The zero-order valence-corrected chi connectivity index (χ0v) is 17.5. The van der Waals surface area contributed by atoms with Crippen LogP contribution in [-0.4, -0.2) is 34.4 Å². The largest absolute Gasteiger partial charge is 0.495 e. The van der Waals surface area contributed by atoms with E-state index < -0.39 is 17.6 Å². The van der Waals surface area contributed by atoms with Gasteiger partial charge in [-0.1, -0.05) is 12.1 Å². The third-order valence-corrected chi connectivity index (χ3v) is 5.10. The van der Waals surface area contributed by atoms with Crippen molar-refractivity contribution in [3.05, 3.63) is 77.9 Å². The first-order valence-electron chi connectivity index (χ1n) is 9.60. The van der Waals surface area contributed by atoms with E-state index in [1.54, 1.807) is 23.6 Å². The predicted octanol–water partition coefficient (Wildman–Crippen LogP) is 4.57. The Balaban J connectivity index is 1.70. The molecule has 0 N–H and O–H groups in total. The lowest BCUT2D eigenvalue weighted by Gasteiger charge is -2.20. The van der Waals surface area contributed by atoms with Crippen LogP contribution in [0.3, 0.4) is 0 Å². The molecule has 0 aliphatic rings. The molecule has 0 atom stereocenters. The first-order valence-corrected chi connectivity index (χ1v) is 9.60. The fourth-order valence-corrected chi connectivity index (χ4v) is 3.35. The molecule has 33 heavy (non-hydrogen) atoms. The van der Waals surface area contributed by atoms with Crippen molar-refractivity contribution < 1.29 is 22.7 Å². The number of hydrogen-bond donors (Lipinski definition) is 0. The number of rotatable bonds is 4. The number of amides is 1. The van der Waals surface area contributed by atoms with Gasteiger partial charge in [-0.05, 0) is 24.3 Å². The summed E-state index contributed by atoms with van der Waals surface area (Å²) in [4.78, 5) is 22.9. The summed E-state index contributed by atoms with van der Waals surface area (Å²) < 4.78 is 45.5. The maximum Gasteiger partial charge on any atom is 0.416 e. The zero-order chi connectivity index (χ0) is 23.8. The standard InChI is InChI=1S/C23H16F3N5O2/c1-30(18-8-3-14(10-27)9-20(18)33-2)22(32)17-13-31-19(11-29-21(31)12-28-17)15-4-6-16(7-5-15)23(24,25)26/h3-9,11-13H,1-2H3. The maximum absolute atomic E-state index is 13.1. The number of nitriles is 1. The highest BCUT2D eigenvalue weighted by Crippen LogP contribution is 2.32. The highest BCUT2D eigenvalue weighted by molar-refractivity contribution is 6.05. The average molecular weight is 451 g/mol. The molecular formula is C23H16F3N5O2. The predicted molar refractivity (Wildman–Crippen MR) is 114 cm³/mol. The second kappa shape index (κ2) is 8.27. The Morgan fingerprint density at radius 1 is 1.12 bits per heavy atom. The molecule has 4 rings (SSSR count). The Hall–Kier alpha value is -4.39. The van der Waals surface area contributed by atoms with E-state index in [1.807, 2.05) is 6.07 Å². The molecule has 7 nitrogen and oxygen atoms in total. The summed E-state index contributed by atoms with van der Waals surface area (Å²) in [6.45, 7) is 0. The van der Waals surface area contributed by atoms with Gasteiger partial charge in [0.05, 0.1) is 48.1 Å². The number of halogens is 3. The Morgan fingerprint density at radius 2 is 1.85 bits per heavy atom. The van der Waals surface area contributed by atoms with E-state index in [0.717, 1.165) is 12.1 Å². The number of imidazole rings is 1. The van der Waals surface area contributed by atoms with Gasteiger partial charge in [0, 0.05) is 24.9 Å². The highest BCUT2D eigenvalue weighted by Gasteiger charge is 2.30. The van der Waals surface area contributed by atoms with Gasteiger partial charge in [0.2, 0.25) is 0 Å². The summed E-state index contributed by atoms with van der Waals surface area (Å²) in [5.41, 5.74) is 1.60. The van der Waals surface area contributed by atoms with Crippen molar-refractivity contribution in [1.29, 1.82) is 5.26 Å². The SMILES string of the molecule is COc1cc(C#N)ccc1N(C)C(=O)c1cn2c(-c3ccc(C(F)(F)F)cc3)cnc2cn1. The number of methoxy groups -OCH3 is 1. The third kappa shape index (κ3) is 4.08. The summed E-state index contributed by atoms with van der Waals surface area (Å²) in [7, 11) is 2.98. The lowest BCUT2D eigenvalue weighted by Crippen LogP contribution is -2.27. The minimum Gasteiger partial charge on any atom is -0.495 e. The topological polar surface area (TPSA) is 83.5 Å². The van der Waals surface area contributed by atoms with Gasteiger partial charge in [0.25, 0.3) is 5.91 Å². The molecule has 166 valence electrons. The van der Waals surface area contributed by atoms with Crippen LogP contribution in [0.15, 0.2) is 61.1 Å². The van der Waals surface area contributed by atoms with Crippen LogP contribution >= 0.6 is 0 Å². The van der Waals surface area contributed by atoms with Gasteiger partial charge in [-0.25, -0.2) is 9.97 Å². The second-order valence-electron chi connectivity index (χ2n) is 7.08. The number of ether oxygens (including phenoxy) is 1. The Morgan fingerprint density at radius 3 is 2.48 bits per heavy atom. The van der Waals surface area contributed by atoms with Crippen molar-refractivity contribution in [2.24, 2.45) is 0 Å². The van der Waals surface area contributed by atoms with Gasteiger partial charge in [0.1, 0.15) is 11.4 Å². The lowest BCUT2D eigenvalue weighted by molar-refractivity contribution is -0.137. The van der Waals surface area contributed by atoms with E-state index in [9.17, 15) is 18.0 Å². The van der Waals surface area contributed by atoms with Gasteiger partial charge in [-0.15, -0.1) is 0 Å². The van der Waals surface area contributed by atoms with Crippen molar-refractivity contribution in [2.75, 3.05) is 19.1 Å². The van der Waals surface area contributed by atoms with Crippen LogP contribution in [0.2, 0.25) is 0 Å². The van der Waals surface area contributed by atoms with Crippen LogP contribution in [0, 0.1) is 11.3 Å². The molecular weight excluding hydrogens is 435 g/mol. The molecule has 0 spiro atoms. The van der Waals surface area contributed by atoms with Crippen molar-refractivity contribution in [3.63, 3.8) is 0 Å². The third-order valence-electron chi connectivity index (χ3n) is 5.10. The van der Waals surface area contributed by atoms with E-state index in [4.69, 9.17) is 10.00 Å². The molecule has 0 radical (unpaired) electrons. The molecule has 4 aromatic rings. The fraction of sp³-hybridized carbons (Fsp3) is 0.130. The number of fused-ring (bicyclic) bond motifs is 1. The number of aromatic nitrogens is 3. The highest BCUT2D eigenvalue weighted by atomic mass is 19.4. The van der Waals surface area contributed by atoms with Gasteiger partial charge >= 0.3 is 6.18 Å². The monoisotopic (exact) mass is 451 g/mol. The minimum atomic E-state index is -4.43. The number of benzene rings is 2. The van der Waals surface area contributed by atoms with Crippen LogP contribution in [0.5, 0.6) is 5.75 Å². The van der Waals surface area contributed by atoms with Crippen LogP contribution in [-0.2, 0) is 6.18 Å². The summed E-state index contributed by atoms with van der Waals surface area (Å²) in [6.07, 6.45) is -0.0468. The Bertz CT molecular complexity index is 1390. The van der Waals surface area contributed by atoms with E-state index in [0.29, 0.717) is 33.9 Å². The number of carbonyl (C=O) groups excluding carboxylic acids is 1. The average Bonchev–Trinajstić information content (AvgIpc) is 3.25. The first kappa shape index (κ1) is 21.8. The Labute approximate surface area is 186 Å². The summed E-state index contributed by atoms with van der Waals surface area (Å²) in [5.74, 6) is -0.106. The molecule has 0 aliphatic heterocycles. The van der Waals surface area contributed by atoms with Gasteiger partial charge in [-0.3, -0.25) is 9.20 Å². The fourth-order valence-electron chi connectivity index (χ4n) is 3.35. The molecule has 2 heterocycles. The van der Waals surface area contributed by atoms with E-state index in [2.05, 4.69) is 9.97 Å². The van der Waals surface area contributed by atoms with Crippen LogP contribution in [0.4, 0.5) is 18.9 Å². The van der Waals surface area contributed by atoms with Gasteiger partial charge in [0.15, 0.2) is 5.65 Å². The smallest absolute Gasteiger partial charge is 0.416 e. The lowest BCUT2D eigenvalue weighted by atomic mass is 10.1. The van der Waals surface area contributed by atoms with Crippen LogP contribution < -0.4 is 9.64 Å². The molecule has 10 heteroatoms. The summed E-state index contributed by atoms with van der Waals surface area (Å²) >= 11 is 0. The van der Waals surface area contributed by atoms with Gasteiger partial charge in [-0.2, -0.15) is 18.4 Å². The number of hydrogen-bond acceptors (Lipinski definition) is 5. The summed E-state index contributed by atoms with van der Waals surface area (Å²) in [6, 6.07) is 11.4. The normalized spacial score (nSPS) is 11.3. The Kier molecular flexibility index (Phi) is 5.47. The van der Waals surface area contributed by atoms with Gasteiger partial charge < -0.3 is 9.64 Å². The van der Waals surface area contributed by atoms with E-state index in [1.165, 1.54) is 48.8 Å². The van der Waals surface area contributed by atoms with Crippen molar-refractivity contribution in [2.45, 2.75) is 6.18 Å². The number of anilines is 1. The molecule has 0 unspecified atom stereocenters. The number of alkyl halides is 3. The molecule has 2 aromatic carbocycles. The van der Waals surface area contributed by atoms with Crippen molar-refractivity contribution >= 4 is 17.2 Å². The quantitative estimate of drug-likeness (QED) is 0.454. The molecule has 0 saturated heterocycles. The molecule has 0 bridgehead atoms. The van der Waals surface area contributed by atoms with E-state index in [-0.39, 0.29) is 5.69 Å².